The monoisotopic (exact) mass is 301 g/mol. The Hall–Kier alpha value is -1.13. The molecule has 20 heavy (non-hydrogen) atoms. The molecule has 0 spiro atoms. The van der Waals surface area contributed by atoms with Gasteiger partial charge in [-0.1, -0.05) is 25.4 Å². The van der Waals surface area contributed by atoms with Crippen molar-refractivity contribution in [3.05, 3.63) is 34.6 Å². The average molecular weight is 302 g/mol. The Kier molecular flexibility index (Phi) is 6.43. The third-order valence-corrected chi connectivity index (χ3v) is 3.55. The molecule has 112 valence electrons. The number of carboxylic acid groups (broad SMARTS) is 1. The fourth-order valence-electron chi connectivity index (χ4n) is 1.90. The quantitative estimate of drug-likeness (QED) is 0.717. The van der Waals surface area contributed by atoms with E-state index in [2.05, 4.69) is 5.32 Å². The van der Waals surface area contributed by atoms with E-state index in [-0.39, 0.29) is 17.7 Å². The average Bonchev–Trinajstić information content (AvgIpc) is 2.36. The highest BCUT2D eigenvalue weighted by Gasteiger charge is 2.18. The van der Waals surface area contributed by atoms with Gasteiger partial charge in [0.15, 0.2) is 0 Å². The molecule has 0 aliphatic heterocycles. The molecule has 0 atom stereocenters. The minimum Gasteiger partial charge on any atom is -0.481 e. The van der Waals surface area contributed by atoms with Gasteiger partial charge in [0, 0.05) is 23.6 Å². The maximum Gasteiger partial charge on any atom is 0.303 e. The summed E-state index contributed by atoms with van der Waals surface area (Å²) in [7, 11) is 0. The molecule has 0 aliphatic carbocycles. The van der Waals surface area contributed by atoms with E-state index in [1.807, 2.05) is 13.8 Å². The highest BCUT2D eigenvalue weighted by atomic mass is 35.5. The number of benzene rings is 1. The SMILES string of the molecule is CC(C)(CCNCc1cc(Cl)ccc1F)CCC(=O)O. The van der Waals surface area contributed by atoms with Gasteiger partial charge in [-0.3, -0.25) is 4.79 Å². The Labute approximate surface area is 124 Å². The second-order valence-electron chi connectivity index (χ2n) is 5.72. The van der Waals surface area contributed by atoms with Crippen LogP contribution in [0, 0.1) is 11.2 Å². The molecule has 0 saturated carbocycles. The van der Waals surface area contributed by atoms with Crippen molar-refractivity contribution in [1.82, 2.24) is 5.32 Å². The molecule has 3 nitrogen and oxygen atoms in total. The highest BCUT2D eigenvalue weighted by Crippen LogP contribution is 2.26. The van der Waals surface area contributed by atoms with E-state index >= 15 is 0 Å². The van der Waals surface area contributed by atoms with Crippen LogP contribution in [-0.2, 0) is 11.3 Å². The number of carbonyl (C=O) groups is 1. The standard InChI is InChI=1S/C15H21ClFNO2/c1-15(2,6-5-14(19)20)7-8-18-10-11-9-12(16)3-4-13(11)17/h3-4,9,18H,5-8,10H2,1-2H3,(H,19,20). The lowest BCUT2D eigenvalue weighted by atomic mass is 9.84. The molecule has 0 radical (unpaired) electrons. The summed E-state index contributed by atoms with van der Waals surface area (Å²) < 4.78 is 13.5. The van der Waals surface area contributed by atoms with Crippen molar-refractivity contribution in [3.8, 4) is 0 Å². The summed E-state index contributed by atoms with van der Waals surface area (Å²) in [6, 6.07) is 4.49. The maximum absolute atomic E-state index is 13.5. The van der Waals surface area contributed by atoms with Crippen LogP contribution >= 0.6 is 11.6 Å². The highest BCUT2D eigenvalue weighted by molar-refractivity contribution is 6.30. The number of aliphatic carboxylic acids is 1. The van der Waals surface area contributed by atoms with E-state index in [1.165, 1.54) is 12.1 Å². The first kappa shape index (κ1) is 16.9. The second-order valence-corrected chi connectivity index (χ2v) is 6.16. The third-order valence-electron chi connectivity index (χ3n) is 3.32. The number of hydrogen-bond acceptors (Lipinski definition) is 2. The molecule has 1 aromatic rings. The van der Waals surface area contributed by atoms with E-state index in [0.29, 0.717) is 30.1 Å². The van der Waals surface area contributed by atoms with E-state index < -0.39 is 5.97 Å². The van der Waals surface area contributed by atoms with E-state index in [4.69, 9.17) is 16.7 Å². The molecule has 0 saturated heterocycles. The predicted molar refractivity (Wildman–Crippen MR) is 78.4 cm³/mol. The van der Waals surface area contributed by atoms with Gasteiger partial charge in [-0.15, -0.1) is 0 Å². The largest absolute Gasteiger partial charge is 0.481 e. The summed E-state index contributed by atoms with van der Waals surface area (Å²) >= 11 is 5.82. The van der Waals surface area contributed by atoms with Crippen molar-refractivity contribution in [3.63, 3.8) is 0 Å². The minimum absolute atomic E-state index is 0.0434. The molecular formula is C15H21ClFNO2. The molecule has 0 amide bonds. The lowest BCUT2D eigenvalue weighted by molar-refractivity contribution is -0.137. The Bertz CT molecular complexity index is 463. The van der Waals surface area contributed by atoms with Crippen LogP contribution in [0.4, 0.5) is 4.39 Å². The molecule has 0 aliphatic rings. The van der Waals surface area contributed by atoms with Crippen molar-refractivity contribution in [2.75, 3.05) is 6.54 Å². The zero-order chi connectivity index (χ0) is 15.2. The van der Waals surface area contributed by atoms with Gasteiger partial charge < -0.3 is 10.4 Å². The minimum atomic E-state index is -0.771. The Morgan fingerprint density at radius 1 is 1.40 bits per heavy atom. The zero-order valence-corrected chi connectivity index (χ0v) is 12.6. The second kappa shape index (κ2) is 7.60. The van der Waals surface area contributed by atoms with Gasteiger partial charge in [-0.05, 0) is 43.0 Å². The molecule has 0 heterocycles. The number of rotatable bonds is 8. The first-order valence-electron chi connectivity index (χ1n) is 6.67. The van der Waals surface area contributed by atoms with Crippen LogP contribution in [-0.4, -0.2) is 17.6 Å². The van der Waals surface area contributed by atoms with E-state index in [1.54, 1.807) is 6.07 Å². The van der Waals surface area contributed by atoms with Gasteiger partial charge in [0.05, 0.1) is 0 Å². The normalized spacial score (nSPS) is 11.6. The number of nitrogens with one attached hydrogen (secondary N) is 1. The predicted octanol–water partition coefficient (Wildman–Crippen LogP) is 3.85. The van der Waals surface area contributed by atoms with Gasteiger partial charge in [0.1, 0.15) is 5.82 Å². The van der Waals surface area contributed by atoms with Gasteiger partial charge >= 0.3 is 5.97 Å². The van der Waals surface area contributed by atoms with E-state index in [9.17, 15) is 9.18 Å². The van der Waals surface area contributed by atoms with Gasteiger partial charge in [0.25, 0.3) is 0 Å². The van der Waals surface area contributed by atoms with Crippen molar-refractivity contribution < 1.29 is 14.3 Å². The third kappa shape index (κ3) is 6.35. The first-order valence-corrected chi connectivity index (χ1v) is 7.04. The molecule has 0 fully saturated rings. The Morgan fingerprint density at radius 3 is 2.75 bits per heavy atom. The van der Waals surface area contributed by atoms with Gasteiger partial charge in [0.2, 0.25) is 0 Å². The summed E-state index contributed by atoms with van der Waals surface area (Å²) in [5, 5.41) is 12.4. The number of hydrogen-bond donors (Lipinski definition) is 2. The summed E-state index contributed by atoms with van der Waals surface area (Å²) in [5.74, 6) is -1.04. The van der Waals surface area contributed by atoms with Gasteiger partial charge in [-0.25, -0.2) is 4.39 Å². The summed E-state index contributed by atoms with van der Waals surface area (Å²) in [6.07, 6.45) is 1.65. The first-order chi connectivity index (χ1) is 9.30. The van der Waals surface area contributed by atoms with Crippen molar-refractivity contribution >= 4 is 17.6 Å². The van der Waals surface area contributed by atoms with Gasteiger partial charge in [-0.2, -0.15) is 0 Å². The summed E-state index contributed by atoms with van der Waals surface area (Å²) in [5.41, 5.74) is 0.499. The topological polar surface area (TPSA) is 49.3 Å². The Morgan fingerprint density at radius 2 is 2.10 bits per heavy atom. The lowest BCUT2D eigenvalue weighted by Crippen LogP contribution is -2.23. The maximum atomic E-state index is 13.5. The fourth-order valence-corrected chi connectivity index (χ4v) is 2.09. The van der Waals surface area contributed by atoms with Crippen LogP contribution in [0.2, 0.25) is 5.02 Å². The fraction of sp³-hybridized carbons (Fsp3) is 0.533. The number of halogens is 2. The van der Waals surface area contributed by atoms with Crippen molar-refractivity contribution in [2.24, 2.45) is 5.41 Å². The molecule has 1 aromatic carbocycles. The smallest absolute Gasteiger partial charge is 0.303 e. The molecule has 0 aromatic heterocycles. The molecule has 0 unspecified atom stereocenters. The van der Waals surface area contributed by atoms with Crippen LogP contribution in [0.1, 0.15) is 38.7 Å². The van der Waals surface area contributed by atoms with Crippen molar-refractivity contribution in [2.45, 2.75) is 39.7 Å². The molecular weight excluding hydrogens is 281 g/mol. The molecule has 0 bridgehead atoms. The van der Waals surface area contributed by atoms with Crippen LogP contribution < -0.4 is 5.32 Å². The summed E-state index contributed by atoms with van der Waals surface area (Å²) in [6.45, 7) is 5.20. The molecule has 1 rings (SSSR count). The lowest BCUT2D eigenvalue weighted by Gasteiger charge is -2.23. The van der Waals surface area contributed by atoms with Crippen LogP contribution in [0.5, 0.6) is 0 Å². The molecule has 2 N–H and O–H groups in total. The molecule has 5 heteroatoms. The van der Waals surface area contributed by atoms with Crippen molar-refractivity contribution in [1.29, 1.82) is 0 Å². The van der Waals surface area contributed by atoms with Crippen LogP contribution in [0.15, 0.2) is 18.2 Å². The number of carboxylic acids is 1. The summed E-state index contributed by atoms with van der Waals surface area (Å²) in [4.78, 5) is 10.6. The zero-order valence-electron chi connectivity index (χ0n) is 11.9. The van der Waals surface area contributed by atoms with Crippen LogP contribution in [0.25, 0.3) is 0 Å². The van der Waals surface area contributed by atoms with Crippen LogP contribution in [0.3, 0.4) is 0 Å². The van der Waals surface area contributed by atoms with E-state index in [0.717, 1.165) is 6.42 Å². The Balaban J connectivity index is 2.34.